The van der Waals surface area contributed by atoms with Gasteiger partial charge in [-0.3, -0.25) is 0 Å². The molecule has 0 aliphatic rings. The second kappa shape index (κ2) is 5.51. The van der Waals surface area contributed by atoms with Crippen LogP contribution in [0.3, 0.4) is 0 Å². The van der Waals surface area contributed by atoms with Gasteiger partial charge in [0.15, 0.2) is 0 Å². The summed E-state index contributed by atoms with van der Waals surface area (Å²) in [6, 6.07) is 4.61. The van der Waals surface area contributed by atoms with Crippen molar-refractivity contribution in [1.29, 1.82) is 0 Å². The quantitative estimate of drug-likeness (QED) is 0.862. The van der Waals surface area contributed by atoms with Crippen LogP contribution in [0.1, 0.15) is 5.56 Å². The predicted octanol–water partition coefficient (Wildman–Crippen LogP) is 2.51. The minimum atomic E-state index is -0.211. The molecule has 0 atom stereocenters. The summed E-state index contributed by atoms with van der Waals surface area (Å²) >= 11 is 3.31. The van der Waals surface area contributed by atoms with E-state index in [1.165, 1.54) is 12.1 Å². The smallest absolute Gasteiger partial charge is 0.123 e. The minimum absolute atomic E-state index is 0. The van der Waals surface area contributed by atoms with Crippen LogP contribution in [0.15, 0.2) is 22.7 Å². The molecule has 0 bridgehead atoms. The molecule has 0 amide bonds. The molecule has 1 aromatic rings. The van der Waals surface area contributed by atoms with E-state index in [-0.39, 0.29) is 18.2 Å². The molecule has 4 heteroatoms. The third-order valence-electron chi connectivity index (χ3n) is 1.42. The van der Waals surface area contributed by atoms with Crippen molar-refractivity contribution >= 4 is 28.3 Å². The Labute approximate surface area is 85.7 Å². The first-order valence-electron chi connectivity index (χ1n) is 3.38. The zero-order chi connectivity index (χ0) is 8.27. The molecule has 12 heavy (non-hydrogen) atoms. The fourth-order valence-corrected chi connectivity index (χ4v) is 1.34. The molecular formula is C8H10BrClFN. The van der Waals surface area contributed by atoms with E-state index in [0.29, 0.717) is 13.0 Å². The Morgan fingerprint density at radius 3 is 2.67 bits per heavy atom. The van der Waals surface area contributed by atoms with E-state index >= 15 is 0 Å². The monoisotopic (exact) mass is 253 g/mol. The maximum absolute atomic E-state index is 12.6. The van der Waals surface area contributed by atoms with Crippen LogP contribution in [0.25, 0.3) is 0 Å². The summed E-state index contributed by atoms with van der Waals surface area (Å²) in [5.41, 5.74) is 6.26. The Hall–Kier alpha value is -0.120. The molecule has 2 N–H and O–H groups in total. The zero-order valence-electron chi connectivity index (χ0n) is 6.39. The summed E-state index contributed by atoms with van der Waals surface area (Å²) in [6.45, 7) is 0.544. The Kier molecular flexibility index (Phi) is 5.46. The minimum Gasteiger partial charge on any atom is -0.330 e. The van der Waals surface area contributed by atoms with Crippen molar-refractivity contribution in [2.75, 3.05) is 6.54 Å². The van der Waals surface area contributed by atoms with Crippen molar-refractivity contribution in [1.82, 2.24) is 0 Å². The summed E-state index contributed by atoms with van der Waals surface area (Å²) < 4.78 is 13.5. The maximum Gasteiger partial charge on any atom is 0.123 e. The third-order valence-corrected chi connectivity index (χ3v) is 2.20. The van der Waals surface area contributed by atoms with Crippen molar-refractivity contribution in [2.24, 2.45) is 5.73 Å². The predicted molar refractivity (Wildman–Crippen MR) is 54.1 cm³/mol. The van der Waals surface area contributed by atoms with Gasteiger partial charge in [0.25, 0.3) is 0 Å². The number of nitrogens with two attached hydrogens (primary N) is 1. The van der Waals surface area contributed by atoms with Crippen LogP contribution in [0, 0.1) is 5.82 Å². The second-order valence-electron chi connectivity index (χ2n) is 2.27. The molecule has 1 nitrogen and oxygen atoms in total. The van der Waals surface area contributed by atoms with Gasteiger partial charge in [-0.15, -0.1) is 12.4 Å². The van der Waals surface area contributed by atoms with Crippen LogP contribution in [0.5, 0.6) is 0 Å². The van der Waals surface area contributed by atoms with Gasteiger partial charge >= 0.3 is 0 Å². The van der Waals surface area contributed by atoms with Crippen molar-refractivity contribution in [2.45, 2.75) is 6.42 Å². The first-order chi connectivity index (χ1) is 5.24. The van der Waals surface area contributed by atoms with Gasteiger partial charge in [0.2, 0.25) is 0 Å². The number of rotatable bonds is 2. The maximum atomic E-state index is 12.6. The molecule has 68 valence electrons. The third kappa shape index (κ3) is 3.09. The van der Waals surface area contributed by atoms with Crippen LogP contribution in [-0.2, 0) is 6.42 Å². The first kappa shape index (κ1) is 11.9. The van der Waals surface area contributed by atoms with Gasteiger partial charge in [-0.05, 0) is 36.7 Å². The van der Waals surface area contributed by atoms with Crippen LogP contribution >= 0.6 is 28.3 Å². The average molecular weight is 255 g/mol. The van der Waals surface area contributed by atoms with Gasteiger partial charge in [-0.25, -0.2) is 4.39 Å². The highest BCUT2D eigenvalue weighted by Crippen LogP contribution is 2.17. The Balaban J connectivity index is 0.00000121. The van der Waals surface area contributed by atoms with E-state index in [2.05, 4.69) is 15.9 Å². The average Bonchev–Trinajstić information content (AvgIpc) is 1.98. The molecule has 0 spiro atoms. The van der Waals surface area contributed by atoms with Crippen molar-refractivity contribution in [3.63, 3.8) is 0 Å². The molecule has 0 radical (unpaired) electrons. The molecule has 0 aliphatic carbocycles. The van der Waals surface area contributed by atoms with Gasteiger partial charge in [0.05, 0.1) is 0 Å². The summed E-state index contributed by atoms with van der Waals surface area (Å²) in [6.07, 6.45) is 0.707. The van der Waals surface area contributed by atoms with E-state index in [1.54, 1.807) is 6.07 Å². The lowest BCUT2D eigenvalue weighted by atomic mass is 10.1. The summed E-state index contributed by atoms with van der Waals surface area (Å²) in [4.78, 5) is 0. The van der Waals surface area contributed by atoms with E-state index < -0.39 is 0 Å². The van der Waals surface area contributed by atoms with E-state index in [0.717, 1.165) is 10.0 Å². The zero-order valence-corrected chi connectivity index (χ0v) is 8.79. The van der Waals surface area contributed by atoms with Crippen LogP contribution in [-0.4, -0.2) is 6.54 Å². The molecular weight excluding hydrogens is 244 g/mol. The highest BCUT2D eigenvalue weighted by atomic mass is 79.9. The number of halogens is 3. The van der Waals surface area contributed by atoms with E-state index in [4.69, 9.17) is 5.73 Å². The van der Waals surface area contributed by atoms with Gasteiger partial charge in [0, 0.05) is 4.47 Å². The molecule has 0 saturated carbocycles. The van der Waals surface area contributed by atoms with Gasteiger partial charge < -0.3 is 5.73 Å². The number of hydrogen-bond donors (Lipinski definition) is 1. The summed E-state index contributed by atoms with van der Waals surface area (Å²) in [5, 5.41) is 0. The van der Waals surface area contributed by atoms with Crippen molar-refractivity contribution in [3.8, 4) is 0 Å². The van der Waals surface area contributed by atoms with Crippen molar-refractivity contribution < 1.29 is 4.39 Å². The lowest BCUT2D eigenvalue weighted by Gasteiger charge is -2.01. The molecule has 0 unspecified atom stereocenters. The Morgan fingerprint density at radius 2 is 2.08 bits per heavy atom. The molecule has 0 fully saturated rings. The van der Waals surface area contributed by atoms with Gasteiger partial charge in [-0.2, -0.15) is 0 Å². The number of benzene rings is 1. The van der Waals surface area contributed by atoms with Gasteiger partial charge in [0.1, 0.15) is 5.82 Å². The van der Waals surface area contributed by atoms with E-state index in [9.17, 15) is 4.39 Å². The highest BCUT2D eigenvalue weighted by molar-refractivity contribution is 9.10. The lowest BCUT2D eigenvalue weighted by molar-refractivity contribution is 0.625. The topological polar surface area (TPSA) is 26.0 Å². The van der Waals surface area contributed by atoms with Crippen LogP contribution in [0.4, 0.5) is 4.39 Å². The SMILES string of the molecule is Cl.NCCc1cc(F)ccc1Br. The summed E-state index contributed by atoms with van der Waals surface area (Å²) in [7, 11) is 0. The van der Waals surface area contributed by atoms with Crippen LogP contribution in [0.2, 0.25) is 0 Å². The molecule has 1 aromatic carbocycles. The normalized spacial score (nSPS) is 9.25. The Morgan fingerprint density at radius 1 is 1.42 bits per heavy atom. The first-order valence-corrected chi connectivity index (χ1v) is 4.17. The van der Waals surface area contributed by atoms with Crippen LogP contribution < -0.4 is 5.73 Å². The standard InChI is InChI=1S/C8H9BrFN.ClH/c9-8-2-1-7(10)5-6(8)3-4-11;/h1-2,5H,3-4,11H2;1H. The molecule has 0 saturated heterocycles. The fraction of sp³-hybridized carbons (Fsp3) is 0.250. The fourth-order valence-electron chi connectivity index (χ4n) is 0.890. The molecule has 1 rings (SSSR count). The summed E-state index contributed by atoms with van der Waals surface area (Å²) in [5.74, 6) is -0.211. The van der Waals surface area contributed by atoms with E-state index in [1.807, 2.05) is 0 Å². The molecule has 0 aliphatic heterocycles. The van der Waals surface area contributed by atoms with Gasteiger partial charge in [-0.1, -0.05) is 15.9 Å². The lowest BCUT2D eigenvalue weighted by Crippen LogP contribution is -2.03. The second-order valence-corrected chi connectivity index (χ2v) is 3.13. The molecule has 0 heterocycles. The van der Waals surface area contributed by atoms with Crippen molar-refractivity contribution in [3.05, 3.63) is 34.1 Å². The Bertz CT molecular complexity index is 255. The number of hydrogen-bond acceptors (Lipinski definition) is 1. The largest absolute Gasteiger partial charge is 0.330 e. The molecule has 0 aromatic heterocycles. The highest BCUT2D eigenvalue weighted by Gasteiger charge is 1.99.